The minimum Gasteiger partial charge on any atom is -0.399 e. The highest BCUT2D eigenvalue weighted by atomic mass is 35.5. The van der Waals surface area contributed by atoms with Gasteiger partial charge < -0.3 is 5.73 Å². The van der Waals surface area contributed by atoms with E-state index >= 15 is 0 Å². The van der Waals surface area contributed by atoms with E-state index in [0.717, 1.165) is 10.6 Å². The number of anilines is 1. The Morgan fingerprint density at radius 3 is 2.48 bits per heavy atom. The van der Waals surface area contributed by atoms with Gasteiger partial charge in [-0.2, -0.15) is 0 Å². The van der Waals surface area contributed by atoms with Crippen molar-refractivity contribution in [3.05, 3.63) is 57.6 Å². The van der Waals surface area contributed by atoms with Gasteiger partial charge in [-0.15, -0.1) is 11.3 Å². The summed E-state index contributed by atoms with van der Waals surface area (Å²) in [5.74, 6) is -0.516. The Labute approximate surface area is 135 Å². The van der Waals surface area contributed by atoms with Crippen LogP contribution >= 0.6 is 34.5 Å². The second-order valence-electron chi connectivity index (χ2n) is 4.41. The third kappa shape index (κ3) is 2.88. The number of benzene rings is 2. The first-order chi connectivity index (χ1) is 10.0. The maximum Gasteiger partial charge on any atom is 0.142 e. The molecule has 1 heterocycles. The van der Waals surface area contributed by atoms with Crippen LogP contribution in [0.15, 0.2) is 41.8 Å². The molecule has 0 aliphatic carbocycles. The molecule has 2 aromatic carbocycles. The molecular formula is C15H9Cl2FN2S. The van der Waals surface area contributed by atoms with Crippen LogP contribution in [0.25, 0.3) is 21.8 Å². The Morgan fingerprint density at radius 1 is 1.05 bits per heavy atom. The van der Waals surface area contributed by atoms with Gasteiger partial charge in [0.2, 0.25) is 0 Å². The van der Waals surface area contributed by atoms with E-state index in [1.807, 2.05) is 29.6 Å². The quantitative estimate of drug-likeness (QED) is 0.494. The number of thiazole rings is 1. The largest absolute Gasteiger partial charge is 0.399 e. The second kappa shape index (κ2) is 5.64. The average molecular weight is 339 g/mol. The maximum atomic E-state index is 13.6. The van der Waals surface area contributed by atoms with E-state index in [9.17, 15) is 4.39 Å². The minimum absolute atomic E-state index is 0.00209. The van der Waals surface area contributed by atoms with Crippen molar-refractivity contribution < 1.29 is 4.39 Å². The lowest BCUT2D eigenvalue weighted by Gasteiger charge is -2.02. The standard InChI is InChI=1S/C15H9Cl2FN2S/c16-11-6-12(17)13(18)5-10(11)14-7-21-15(20-14)8-1-3-9(19)4-2-8/h1-7H,19H2. The number of aromatic nitrogens is 1. The van der Waals surface area contributed by atoms with E-state index in [2.05, 4.69) is 4.98 Å². The van der Waals surface area contributed by atoms with Gasteiger partial charge >= 0.3 is 0 Å². The average Bonchev–Trinajstić information content (AvgIpc) is 2.93. The van der Waals surface area contributed by atoms with Crippen LogP contribution in [0.4, 0.5) is 10.1 Å². The lowest BCUT2D eigenvalue weighted by molar-refractivity contribution is 0.629. The summed E-state index contributed by atoms with van der Waals surface area (Å²) in [5, 5.41) is 3.02. The molecule has 0 radical (unpaired) electrons. The molecule has 3 aromatic rings. The summed E-state index contributed by atoms with van der Waals surface area (Å²) in [7, 11) is 0. The highest BCUT2D eigenvalue weighted by Gasteiger charge is 2.13. The normalized spacial score (nSPS) is 10.8. The number of nitrogen functional groups attached to an aromatic ring is 1. The minimum atomic E-state index is -0.516. The first-order valence-electron chi connectivity index (χ1n) is 6.01. The van der Waals surface area contributed by atoms with Crippen LogP contribution in [0.2, 0.25) is 10.0 Å². The van der Waals surface area contributed by atoms with Crippen LogP contribution in [0.1, 0.15) is 0 Å². The predicted molar refractivity (Wildman–Crippen MR) is 87.4 cm³/mol. The summed E-state index contributed by atoms with van der Waals surface area (Å²) in [4.78, 5) is 4.50. The Morgan fingerprint density at radius 2 is 1.76 bits per heavy atom. The van der Waals surface area contributed by atoms with Crippen LogP contribution in [-0.4, -0.2) is 4.98 Å². The molecule has 0 atom stereocenters. The van der Waals surface area contributed by atoms with Gasteiger partial charge in [0.15, 0.2) is 0 Å². The topological polar surface area (TPSA) is 38.9 Å². The second-order valence-corrected chi connectivity index (χ2v) is 6.08. The molecule has 3 rings (SSSR count). The highest BCUT2D eigenvalue weighted by molar-refractivity contribution is 7.13. The first-order valence-corrected chi connectivity index (χ1v) is 7.64. The van der Waals surface area contributed by atoms with Gasteiger partial charge in [0, 0.05) is 22.2 Å². The number of halogens is 3. The van der Waals surface area contributed by atoms with Crippen molar-refractivity contribution in [1.82, 2.24) is 4.98 Å². The molecular weight excluding hydrogens is 330 g/mol. The fourth-order valence-corrected chi connectivity index (χ4v) is 3.18. The van der Waals surface area contributed by atoms with Crippen molar-refractivity contribution in [3.63, 3.8) is 0 Å². The fraction of sp³-hybridized carbons (Fsp3) is 0. The molecule has 0 spiro atoms. The number of nitrogens with two attached hydrogens (primary N) is 1. The zero-order valence-corrected chi connectivity index (χ0v) is 12.9. The van der Waals surface area contributed by atoms with E-state index in [1.165, 1.54) is 23.5 Å². The van der Waals surface area contributed by atoms with Crippen LogP contribution in [0.5, 0.6) is 0 Å². The number of hydrogen-bond donors (Lipinski definition) is 1. The molecule has 0 saturated heterocycles. The lowest BCUT2D eigenvalue weighted by Crippen LogP contribution is -1.86. The molecule has 2 N–H and O–H groups in total. The summed E-state index contributed by atoms with van der Waals surface area (Å²) >= 11 is 13.3. The first kappa shape index (κ1) is 14.3. The van der Waals surface area contributed by atoms with Gasteiger partial charge in [-0.05, 0) is 36.4 Å². The number of nitrogens with zero attached hydrogens (tertiary/aromatic N) is 1. The zero-order chi connectivity index (χ0) is 15.0. The van der Waals surface area contributed by atoms with E-state index in [0.29, 0.717) is 22.0 Å². The van der Waals surface area contributed by atoms with Gasteiger partial charge in [-0.1, -0.05) is 23.2 Å². The molecule has 0 fully saturated rings. The number of hydrogen-bond acceptors (Lipinski definition) is 3. The Hall–Kier alpha value is -1.62. The fourth-order valence-electron chi connectivity index (χ4n) is 1.87. The molecule has 0 bridgehead atoms. The lowest BCUT2D eigenvalue weighted by atomic mass is 10.1. The molecule has 106 valence electrons. The molecule has 0 unspecified atom stereocenters. The van der Waals surface area contributed by atoms with Crippen molar-refractivity contribution in [3.8, 4) is 21.8 Å². The van der Waals surface area contributed by atoms with E-state index in [4.69, 9.17) is 28.9 Å². The van der Waals surface area contributed by atoms with Gasteiger partial charge in [-0.3, -0.25) is 0 Å². The summed E-state index contributed by atoms with van der Waals surface area (Å²) < 4.78 is 13.6. The molecule has 0 aliphatic rings. The van der Waals surface area contributed by atoms with Gasteiger partial charge in [0.25, 0.3) is 0 Å². The van der Waals surface area contributed by atoms with Crippen molar-refractivity contribution in [2.24, 2.45) is 0 Å². The summed E-state index contributed by atoms with van der Waals surface area (Å²) in [5.41, 5.74) is 8.45. The third-order valence-electron chi connectivity index (χ3n) is 2.95. The molecule has 0 saturated carbocycles. The SMILES string of the molecule is Nc1ccc(-c2nc(-c3cc(F)c(Cl)cc3Cl)cs2)cc1. The van der Waals surface area contributed by atoms with Crippen LogP contribution in [-0.2, 0) is 0 Å². The molecule has 21 heavy (non-hydrogen) atoms. The summed E-state index contributed by atoms with van der Waals surface area (Å²) in [6.45, 7) is 0. The van der Waals surface area contributed by atoms with E-state index in [1.54, 1.807) is 0 Å². The smallest absolute Gasteiger partial charge is 0.142 e. The molecule has 1 aromatic heterocycles. The van der Waals surface area contributed by atoms with Gasteiger partial charge in [-0.25, -0.2) is 9.37 Å². The molecule has 2 nitrogen and oxygen atoms in total. The maximum absolute atomic E-state index is 13.6. The van der Waals surface area contributed by atoms with Crippen molar-refractivity contribution in [2.75, 3.05) is 5.73 Å². The number of rotatable bonds is 2. The summed E-state index contributed by atoms with van der Waals surface area (Å²) in [6.07, 6.45) is 0. The van der Waals surface area contributed by atoms with Crippen molar-refractivity contribution >= 4 is 40.2 Å². The Bertz CT molecular complexity index is 800. The Kier molecular flexibility index (Phi) is 3.85. The van der Waals surface area contributed by atoms with Gasteiger partial charge in [0.1, 0.15) is 10.8 Å². The molecule has 0 aliphatic heterocycles. The van der Waals surface area contributed by atoms with Gasteiger partial charge in [0.05, 0.1) is 15.7 Å². The summed E-state index contributed by atoms with van der Waals surface area (Å²) in [6, 6.07) is 10.1. The van der Waals surface area contributed by atoms with Crippen LogP contribution in [0.3, 0.4) is 0 Å². The van der Waals surface area contributed by atoms with E-state index in [-0.39, 0.29) is 5.02 Å². The molecule has 6 heteroatoms. The zero-order valence-electron chi connectivity index (χ0n) is 10.6. The van der Waals surface area contributed by atoms with Crippen molar-refractivity contribution in [1.29, 1.82) is 0 Å². The van der Waals surface area contributed by atoms with Crippen LogP contribution in [0, 0.1) is 5.82 Å². The predicted octanol–water partition coefficient (Wildman–Crippen LogP) is 5.51. The molecule has 0 amide bonds. The highest BCUT2D eigenvalue weighted by Crippen LogP contribution is 2.35. The monoisotopic (exact) mass is 338 g/mol. The van der Waals surface area contributed by atoms with Crippen LogP contribution < -0.4 is 5.73 Å². The van der Waals surface area contributed by atoms with Crippen molar-refractivity contribution in [2.45, 2.75) is 0 Å². The van der Waals surface area contributed by atoms with E-state index < -0.39 is 5.82 Å². The third-order valence-corrected chi connectivity index (χ3v) is 4.44. The Balaban J connectivity index is 2.02.